The van der Waals surface area contributed by atoms with E-state index in [2.05, 4.69) is 0 Å². The lowest BCUT2D eigenvalue weighted by Gasteiger charge is -2.44. The molecule has 2 fully saturated rings. The van der Waals surface area contributed by atoms with Crippen LogP contribution in [0.4, 0.5) is 0 Å². The minimum Gasteiger partial charge on any atom is -0.390 e. The predicted molar refractivity (Wildman–Crippen MR) is 104 cm³/mol. The molecular formula is C21H18N4O6. The van der Waals surface area contributed by atoms with Gasteiger partial charge in [-0.05, 0) is 37.1 Å². The molecule has 4 aliphatic heterocycles. The van der Waals surface area contributed by atoms with Crippen molar-refractivity contribution in [3.63, 3.8) is 0 Å². The molecule has 2 aromatic carbocycles. The number of aliphatic hydroxyl groups excluding tert-OH is 2. The third-order valence-corrected chi connectivity index (χ3v) is 6.43. The summed E-state index contributed by atoms with van der Waals surface area (Å²) in [6.07, 6.45) is -0.408. The number of carbonyl (C=O) groups excluding carboxylic acids is 4. The summed E-state index contributed by atoms with van der Waals surface area (Å²) in [6.45, 7) is 0.730. The Kier molecular flexibility index (Phi) is 3.70. The number of hydrazine groups is 2. The monoisotopic (exact) mass is 422 g/mol. The van der Waals surface area contributed by atoms with Gasteiger partial charge >= 0.3 is 0 Å². The molecule has 1 atom stereocenters. The van der Waals surface area contributed by atoms with Crippen molar-refractivity contribution in [2.24, 2.45) is 0 Å². The Hall–Kier alpha value is -3.18. The number of amides is 4. The molecule has 0 saturated carbocycles. The smallest absolute Gasteiger partial charge is 0.276 e. The van der Waals surface area contributed by atoms with Crippen LogP contribution in [0, 0.1) is 0 Å². The summed E-state index contributed by atoms with van der Waals surface area (Å²) in [4.78, 5) is 52.7. The van der Waals surface area contributed by atoms with Gasteiger partial charge in [-0.3, -0.25) is 19.2 Å². The van der Waals surface area contributed by atoms with Crippen LogP contribution in [0.5, 0.6) is 0 Å². The molecule has 4 aliphatic rings. The average molecular weight is 422 g/mol. The third kappa shape index (κ3) is 2.30. The molecule has 158 valence electrons. The highest BCUT2D eigenvalue weighted by Crippen LogP contribution is 2.39. The molecule has 2 N–H and O–H groups in total. The number of hydrogen-bond acceptors (Lipinski definition) is 8. The van der Waals surface area contributed by atoms with E-state index in [0.717, 1.165) is 10.0 Å². The highest BCUT2D eigenvalue weighted by molar-refractivity contribution is 6.33. The van der Waals surface area contributed by atoms with Gasteiger partial charge < -0.3 is 10.2 Å². The van der Waals surface area contributed by atoms with Crippen molar-refractivity contribution in [1.82, 2.24) is 20.0 Å². The summed E-state index contributed by atoms with van der Waals surface area (Å²) in [5, 5.41) is 25.2. The molecular weight excluding hydrogens is 404 g/mol. The number of carbonyl (C=O) groups is 4. The Morgan fingerprint density at radius 2 is 1.16 bits per heavy atom. The van der Waals surface area contributed by atoms with Gasteiger partial charge in [0.2, 0.25) is 0 Å². The van der Waals surface area contributed by atoms with Gasteiger partial charge in [-0.15, -0.1) is 0 Å². The van der Waals surface area contributed by atoms with E-state index < -0.39 is 36.0 Å². The van der Waals surface area contributed by atoms with E-state index in [9.17, 15) is 29.4 Å². The van der Waals surface area contributed by atoms with Crippen molar-refractivity contribution < 1.29 is 29.4 Å². The second-order valence-electron chi connectivity index (χ2n) is 8.23. The number of nitrogens with zero attached hydrogens (tertiary/aromatic N) is 4. The van der Waals surface area contributed by atoms with Crippen molar-refractivity contribution in [2.45, 2.75) is 25.2 Å². The lowest BCUT2D eigenvalue weighted by Crippen LogP contribution is -2.63. The van der Waals surface area contributed by atoms with Gasteiger partial charge in [0.05, 0.1) is 28.4 Å². The summed E-state index contributed by atoms with van der Waals surface area (Å²) in [6, 6.07) is 5.97. The van der Waals surface area contributed by atoms with Gasteiger partial charge in [-0.2, -0.15) is 10.0 Å². The molecule has 0 aromatic heterocycles. The molecule has 31 heavy (non-hydrogen) atoms. The number of aliphatic hydroxyl groups is 2. The summed E-state index contributed by atoms with van der Waals surface area (Å²) in [7, 11) is 0. The minimum absolute atomic E-state index is 0.177. The van der Waals surface area contributed by atoms with Crippen molar-refractivity contribution in [3.05, 3.63) is 46.5 Å². The van der Waals surface area contributed by atoms with Gasteiger partial charge in [0, 0.05) is 30.4 Å². The first-order chi connectivity index (χ1) is 14.9. The molecule has 0 bridgehead atoms. The fourth-order valence-corrected chi connectivity index (χ4v) is 4.90. The number of imide groups is 2. The maximum Gasteiger partial charge on any atom is 0.276 e. The second kappa shape index (κ2) is 6.17. The summed E-state index contributed by atoms with van der Waals surface area (Å²) >= 11 is 0. The molecule has 2 aromatic rings. The van der Waals surface area contributed by atoms with Crippen LogP contribution in [0.2, 0.25) is 0 Å². The standard InChI is InChI=1S/C21H18N4O6/c26-10-8-22(9-10)24-18(28)11-3-5-13-17-14(6-4-12(16(11)17)19(24)29)21(31)25(20(13)30)23-7-1-2-15(23)27/h3-6,10,15,26-27H,1-2,7-9H2. The highest BCUT2D eigenvalue weighted by Gasteiger charge is 2.45. The van der Waals surface area contributed by atoms with Crippen LogP contribution in [-0.2, 0) is 0 Å². The molecule has 4 amide bonds. The van der Waals surface area contributed by atoms with Gasteiger partial charge in [-0.25, -0.2) is 10.0 Å². The Labute approximate surface area is 175 Å². The summed E-state index contributed by atoms with van der Waals surface area (Å²) in [5.41, 5.74) is 0.879. The summed E-state index contributed by atoms with van der Waals surface area (Å²) < 4.78 is 0. The lowest BCUT2D eigenvalue weighted by atomic mass is 9.86. The Balaban J connectivity index is 1.52. The van der Waals surface area contributed by atoms with E-state index in [1.165, 1.54) is 34.3 Å². The quantitative estimate of drug-likeness (QED) is 0.647. The van der Waals surface area contributed by atoms with Crippen molar-refractivity contribution in [1.29, 1.82) is 0 Å². The zero-order chi connectivity index (χ0) is 21.6. The topological polar surface area (TPSA) is 122 Å². The first-order valence-electron chi connectivity index (χ1n) is 10.1. The van der Waals surface area contributed by atoms with Crippen LogP contribution in [0.3, 0.4) is 0 Å². The first-order valence-corrected chi connectivity index (χ1v) is 10.1. The zero-order valence-electron chi connectivity index (χ0n) is 16.3. The fourth-order valence-electron chi connectivity index (χ4n) is 4.90. The molecule has 0 spiro atoms. The molecule has 1 unspecified atom stereocenters. The van der Waals surface area contributed by atoms with Gasteiger partial charge in [0.25, 0.3) is 23.6 Å². The number of benzene rings is 2. The number of rotatable bonds is 2. The Morgan fingerprint density at radius 3 is 1.55 bits per heavy atom. The van der Waals surface area contributed by atoms with E-state index >= 15 is 0 Å². The van der Waals surface area contributed by atoms with Crippen LogP contribution >= 0.6 is 0 Å². The summed E-state index contributed by atoms with van der Waals surface area (Å²) in [5.74, 6) is -2.28. The van der Waals surface area contributed by atoms with Crippen LogP contribution < -0.4 is 0 Å². The lowest BCUT2D eigenvalue weighted by molar-refractivity contribution is -0.0956. The van der Waals surface area contributed by atoms with Crippen LogP contribution in [-0.4, -0.2) is 85.8 Å². The number of hydrogen-bond donors (Lipinski definition) is 2. The predicted octanol–water partition coefficient (Wildman–Crippen LogP) is -0.0475. The highest BCUT2D eigenvalue weighted by atomic mass is 16.3. The SMILES string of the molecule is O=C1c2ccc3c4c(ccc(c24)C(=O)N1N1CC(O)C1)C(=O)N(N1CCCC1O)C3=O. The molecule has 10 heteroatoms. The van der Waals surface area contributed by atoms with Crippen molar-refractivity contribution >= 4 is 34.4 Å². The molecule has 0 aliphatic carbocycles. The molecule has 6 rings (SSSR count). The van der Waals surface area contributed by atoms with E-state index in [-0.39, 0.29) is 35.3 Å². The first kappa shape index (κ1) is 18.6. The fraction of sp³-hybridized carbons (Fsp3) is 0.333. The van der Waals surface area contributed by atoms with Crippen LogP contribution in [0.25, 0.3) is 10.8 Å². The van der Waals surface area contributed by atoms with Crippen LogP contribution in [0.15, 0.2) is 24.3 Å². The van der Waals surface area contributed by atoms with Gasteiger partial charge in [0.15, 0.2) is 0 Å². The van der Waals surface area contributed by atoms with E-state index in [1.807, 2.05) is 0 Å². The Morgan fingerprint density at radius 1 is 0.710 bits per heavy atom. The van der Waals surface area contributed by atoms with E-state index in [0.29, 0.717) is 30.2 Å². The third-order valence-electron chi connectivity index (χ3n) is 6.43. The largest absolute Gasteiger partial charge is 0.390 e. The van der Waals surface area contributed by atoms with Crippen LogP contribution in [0.1, 0.15) is 54.3 Å². The Bertz CT molecular complexity index is 1150. The number of β-amino-alcohol motifs (C(OH)–C–C–N with tert-alkyl or cyclic N) is 1. The molecule has 4 heterocycles. The van der Waals surface area contributed by atoms with Gasteiger partial charge in [-0.1, -0.05) is 0 Å². The minimum atomic E-state index is -0.925. The molecule has 0 radical (unpaired) electrons. The maximum atomic E-state index is 13.2. The second-order valence-corrected chi connectivity index (χ2v) is 8.23. The molecule has 10 nitrogen and oxygen atoms in total. The van der Waals surface area contributed by atoms with Gasteiger partial charge in [0.1, 0.15) is 6.23 Å². The van der Waals surface area contributed by atoms with Crippen molar-refractivity contribution in [2.75, 3.05) is 19.6 Å². The zero-order valence-corrected chi connectivity index (χ0v) is 16.3. The normalized spacial score (nSPS) is 24.5. The maximum absolute atomic E-state index is 13.2. The van der Waals surface area contributed by atoms with E-state index in [1.54, 1.807) is 0 Å². The van der Waals surface area contributed by atoms with E-state index in [4.69, 9.17) is 0 Å². The average Bonchev–Trinajstić information content (AvgIpc) is 3.14. The van der Waals surface area contributed by atoms with Crippen molar-refractivity contribution in [3.8, 4) is 0 Å². The molecule has 2 saturated heterocycles.